The zero-order valence-electron chi connectivity index (χ0n) is 12.2. The van der Waals surface area contributed by atoms with E-state index in [4.69, 9.17) is 4.74 Å². The van der Waals surface area contributed by atoms with E-state index in [1.165, 1.54) is 24.0 Å². The fraction of sp³-hybridized carbons (Fsp3) is 0.562. The van der Waals surface area contributed by atoms with Crippen molar-refractivity contribution in [3.05, 3.63) is 35.4 Å². The van der Waals surface area contributed by atoms with Crippen LogP contribution in [-0.4, -0.2) is 31.3 Å². The smallest absolute Gasteiger partial charge is 0.191 e. The molecule has 2 heterocycles. The maximum Gasteiger partial charge on any atom is 0.191 e. The Balaban J connectivity index is 1.53. The summed E-state index contributed by atoms with van der Waals surface area (Å²) in [5, 5.41) is 6.88. The molecule has 2 saturated heterocycles. The van der Waals surface area contributed by atoms with Crippen molar-refractivity contribution in [1.82, 2.24) is 10.6 Å². The van der Waals surface area contributed by atoms with E-state index in [9.17, 15) is 0 Å². The molecule has 0 amide bonds. The summed E-state index contributed by atoms with van der Waals surface area (Å²) in [5.74, 6) is 0.868. The molecule has 0 aromatic heterocycles. The number of fused-ring (bicyclic) bond motifs is 2. The molecule has 0 saturated carbocycles. The molecule has 3 rings (SSSR count). The maximum atomic E-state index is 5.86. The van der Waals surface area contributed by atoms with E-state index in [1.54, 1.807) is 0 Å². The van der Waals surface area contributed by atoms with E-state index < -0.39 is 0 Å². The molecule has 0 spiro atoms. The summed E-state index contributed by atoms with van der Waals surface area (Å²) in [6.07, 6.45) is 4.34. The van der Waals surface area contributed by atoms with Gasteiger partial charge in [-0.15, -0.1) is 0 Å². The molecule has 2 aliphatic rings. The lowest BCUT2D eigenvalue weighted by Gasteiger charge is -2.22. The van der Waals surface area contributed by atoms with E-state index in [0.29, 0.717) is 18.2 Å². The van der Waals surface area contributed by atoms with Gasteiger partial charge in [0.15, 0.2) is 5.96 Å². The van der Waals surface area contributed by atoms with E-state index in [-0.39, 0.29) is 0 Å². The number of aliphatic imine (C=N–C) groups is 1. The molecular weight excluding hydrogens is 250 g/mol. The highest BCUT2D eigenvalue weighted by molar-refractivity contribution is 5.80. The van der Waals surface area contributed by atoms with Gasteiger partial charge in [0.25, 0.3) is 0 Å². The molecule has 3 atom stereocenters. The third-order valence-corrected chi connectivity index (χ3v) is 4.19. The molecule has 20 heavy (non-hydrogen) atoms. The number of benzene rings is 1. The lowest BCUT2D eigenvalue weighted by Crippen LogP contribution is -2.47. The number of rotatable bonds is 3. The minimum atomic E-state index is 0.373. The summed E-state index contributed by atoms with van der Waals surface area (Å²) in [6.45, 7) is 2.91. The van der Waals surface area contributed by atoms with Crippen molar-refractivity contribution in [3.8, 4) is 0 Å². The van der Waals surface area contributed by atoms with Crippen molar-refractivity contribution in [2.75, 3.05) is 7.05 Å². The standard InChI is InChI=1S/C16H23N3O/c1-11-4-3-5-12(8-11)10-18-16(17-2)19-14-9-13-6-7-15(14)20-13/h3-5,8,13-15H,6-7,9-10H2,1-2H3,(H2,17,18,19). The zero-order valence-corrected chi connectivity index (χ0v) is 12.2. The first-order chi connectivity index (χ1) is 9.74. The van der Waals surface area contributed by atoms with Crippen LogP contribution in [0.4, 0.5) is 0 Å². The summed E-state index contributed by atoms with van der Waals surface area (Å²) < 4.78 is 5.86. The number of nitrogens with zero attached hydrogens (tertiary/aromatic N) is 1. The zero-order chi connectivity index (χ0) is 13.9. The molecule has 3 unspecified atom stereocenters. The number of hydrogen-bond acceptors (Lipinski definition) is 2. The highest BCUT2D eigenvalue weighted by Crippen LogP contribution is 2.34. The molecular formula is C16H23N3O. The van der Waals surface area contributed by atoms with Gasteiger partial charge in [-0.25, -0.2) is 0 Å². The van der Waals surface area contributed by atoms with Crippen LogP contribution in [0.15, 0.2) is 29.3 Å². The van der Waals surface area contributed by atoms with Gasteiger partial charge in [-0.2, -0.15) is 0 Å². The molecule has 2 bridgehead atoms. The lowest BCUT2D eigenvalue weighted by atomic mass is 9.96. The predicted octanol–water partition coefficient (Wildman–Crippen LogP) is 1.98. The Morgan fingerprint density at radius 2 is 2.30 bits per heavy atom. The van der Waals surface area contributed by atoms with Crippen LogP contribution >= 0.6 is 0 Å². The van der Waals surface area contributed by atoms with Crippen molar-refractivity contribution < 1.29 is 4.74 Å². The average Bonchev–Trinajstić information content (AvgIpc) is 3.06. The average molecular weight is 273 g/mol. The van der Waals surface area contributed by atoms with Gasteiger partial charge in [-0.3, -0.25) is 4.99 Å². The Bertz CT molecular complexity index is 500. The Kier molecular flexibility index (Phi) is 3.92. The predicted molar refractivity (Wildman–Crippen MR) is 80.8 cm³/mol. The van der Waals surface area contributed by atoms with Gasteiger partial charge in [-0.05, 0) is 31.7 Å². The molecule has 4 nitrogen and oxygen atoms in total. The van der Waals surface area contributed by atoms with Crippen LogP contribution in [0.25, 0.3) is 0 Å². The Hall–Kier alpha value is -1.55. The third-order valence-electron chi connectivity index (χ3n) is 4.19. The highest BCUT2D eigenvalue weighted by atomic mass is 16.5. The fourth-order valence-corrected chi connectivity index (χ4v) is 3.17. The summed E-state index contributed by atoms with van der Waals surface area (Å²) >= 11 is 0. The quantitative estimate of drug-likeness (QED) is 0.654. The van der Waals surface area contributed by atoms with Gasteiger partial charge >= 0.3 is 0 Å². The molecule has 1 aromatic carbocycles. The fourth-order valence-electron chi connectivity index (χ4n) is 3.17. The molecule has 2 fully saturated rings. The minimum Gasteiger partial charge on any atom is -0.373 e. The second-order valence-corrected chi connectivity index (χ2v) is 5.78. The van der Waals surface area contributed by atoms with Crippen molar-refractivity contribution in [1.29, 1.82) is 0 Å². The molecule has 0 aliphatic carbocycles. The van der Waals surface area contributed by atoms with E-state index in [0.717, 1.165) is 18.9 Å². The number of guanidine groups is 1. The van der Waals surface area contributed by atoms with Crippen LogP contribution in [0.3, 0.4) is 0 Å². The molecule has 1 aromatic rings. The molecule has 2 N–H and O–H groups in total. The second kappa shape index (κ2) is 5.83. The Morgan fingerprint density at radius 3 is 2.95 bits per heavy atom. The van der Waals surface area contributed by atoms with Crippen LogP contribution in [-0.2, 0) is 11.3 Å². The van der Waals surface area contributed by atoms with Crippen LogP contribution in [0.2, 0.25) is 0 Å². The monoisotopic (exact) mass is 273 g/mol. The summed E-state index contributed by atoms with van der Waals surface area (Å²) in [7, 11) is 1.82. The Labute approximate surface area is 120 Å². The highest BCUT2D eigenvalue weighted by Gasteiger charge is 2.41. The van der Waals surface area contributed by atoms with Crippen LogP contribution in [0.5, 0.6) is 0 Å². The number of aryl methyl sites for hydroxylation is 1. The van der Waals surface area contributed by atoms with Crippen LogP contribution in [0.1, 0.15) is 30.4 Å². The van der Waals surface area contributed by atoms with Gasteiger partial charge in [0.1, 0.15) is 0 Å². The third kappa shape index (κ3) is 2.96. The lowest BCUT2D eigenvalue weighted by molar-refractivity contribution is 0.0992. The number of hydrogen-bond donors (Lipinski definition) is 2. The molecule has 4 heteroatoms. The van der Waals surface area contributed by atoms with Gasteiger partial charge in [0.05, 0.1) is 18.2 Å². The summed E-state index contributed by atoms with van der Waals surface area (Å²) in [4.78, 5) is 4.31. The van der Waals surface area contributed by atoms with E-state index in [1.807, 2.05) is 7.05 Å². The van der Waals surface area contributed by atoms with Gasteiger partial charge < -0.3 is 15.4 Å². The normalized spacial score (nSPS) is 28.7. The Morgan fingerprint density at radius 1 is 1.40 bits per heavy atom. The van der Waals surface area contributed by atoms with E-state index in [2.05, 4.69) is 46.8 Å². The first-order valence-electron chi connectivity index (χ1n) is 7.43. The van der Waals surface area contributed by atoms with E-state index >= 15 is 0 Å². The van der Waals surface area contributed by atoms with Crippen molar-refractivity contribution >= 4 is 5.96 Å². The van der Waals surface area contributed by atoms with Crippen molar-refractivity contribution in [2.24, 2.45) is 4.99 Å². The first kappa shape index (κ1) is 13.4. The SMILES string of the molecule is CN=C(NCc1cccc(C)c1)NC1CC2CCC1O2. The number of nitrogens with one attached hydrogen (secondary N) is 2. The van der Waals surface area contributed by atoms with Gasteiger partial charge in [0, 0.05) is 13.6 Å². The van der Waals surface area contributed by atoms with Gasteiger partial charge in [-0.1, -0.05) is 29.8 Å². The molecule has 2 aliphatic heterocycles. The maximum absolute atomic E-state index is 5.86. The summed E-state index contributed by atoms with van der Waals surface area (Å²) in [6, 6.07) is 8.95. The first-order valence-corrected chi connectivity index (χ1v) is 7.43. The van der Waals surface area contributed by atoms with Crippen molar-refractivity contribution in [3.63, 3.8) is 0 Å². The summed E-state index contributed by atoms with van der Waals surface area (Å²) in [5.41, 5.74) is 2.56. The topological polar surface area (TPSA) is 45.7 Å². The van der Waals surface area contributed by atoms with Crippen molar-refractivity contribution in [2.45, 2.75) is 51.0 Å². The largest absolute Gasteiger partial charge is 0.373 e. The second-order valence-electron chi connectivity index (χ2n) is 5.78. The number of ether oxygens (including phenoxy) is 1. The van der Waals surface area contributed by atoms with Crippen LogP contribution in [0, 0.1) is 6.92 Å². The molecule has 0 radical (unpaired) electrons. The van der Waals surface area contributed by atoms with Crippen LogP contribution < -0.4 is 10.6 Å². The molecule has 108 valence electrons. The minimum absolute atomic E-state index is 0.373. The van der Waals surface area contributed by atoms with Gasteiger partial charge in [0.2, 0.25) is 0 Å².